The number of ether oxygens (including phenoxy) is 1. The number of nitrogens with one attached hydrogen (secondary N) is 2. The van der Waals surface area contributed by atoms with Crippen molar-refractivity contribution in [1.82, 2.24) is 15.0 Å². The molecule has 0 spiro atoms. The van der Waals surface area contributed by atoms with Crippen LogP contribution in [0.5, 0.6) is 11.5 Å². The average Bonchev–Trinajstić information content (AvgIpc) is 3.14. The number of carbonyl (C=O) groups excluding carboxylic acids is 1. The monoisotopic (exact) mass is 348 g/mol. The van der Waals surface area contributed by atoms with Crippen LogP contribution in [-0.4, -0.2) is 20.9 Å². The summed E-state index contributed by atoms with van der Waals surface area (Å²) in [6.45, 7) is 0. The van der Waals surface area contributed by atoms with Gasteiger partial charge in [-0.15, -0.1) is 0 Å². The van der Waals surface area contributed by atoms with Crippen LogP contribution in [0.4, 0.5) is 10.1 Å². The van der Waals surface area contributed by atoms with Gasteiger partial charge in [0.1, 0.15) is 11.4 Å². The topological polar surface area (TPSA) is 79.9 Å². The standard InChI is InChI=1S/C19H13FN4O2/c20-15-11-13(24-19(25)12-3-7-21-8-4-12)1-2-17(15)26-16-6-10-23-18-14(16)5-9-22-18/h1-11H,(H,22,23)(H,24,25). The van der Waals surface area contributed by atoms with Crippen LogP contribution in [0.3, 0.4) is 0 Å². The molecule has 4 rings (SSSR count). The van der Waals surface area contributed by atoms with Gasteiger partial charge in [-0.2, -0.15) is 0 Å². The van der Waals surface area contributed by atoms with E-state index < -0.39 is 5.82 Å². The second-order valence-corrected chi connectivity index (χ2v) is 5.49. The Morgan fingerprint density at radius 2 is 1.88 bits per heavy atom. The molecule has 0 fully saturated rings. The van der Waals surface area contributed by atoms with Crippen LogP contribution in [0.15, 0.2) is 67.3 Å². The van der Waals surface area contributed by atoms with Gasteiger partial charge >= 0.3 is 0 Å². The zero-order chi connectivity index (χ0) is 17.9. The van der Waals surface area contributed by atoms with Crippen molar-refractivity contribution < 1.29 is 13.9 Å². The fraction of sp³-hybridized carbons (Fsp3) is 0. The number of carbonyl (C=O) groups is 1. The third kappa shape index (κ3) is 3.10. The zero-order valence-corrected chi connectivity index (χ0v) is 13.4. The molecular formula is C19H13FN4O2. The number of nitrogens with zero attached hydrogens (tertiary/aromatic N) is 2. The lowest BCUT2D eigenvalue weighted by Gasteiger charge is -2.10. The Morgan fingerprint density at radius 3 is 2.69 bits per heavy atom. The molecule has 0 saturated carbocycles. The Labute approximate surface area is 147 Å². The molecule has 128 valence electrons. The molecule has 7 heteroatoms. The van der Waals surface area contributed by atoms with E-state index in [9.17, 15) is 9.18 Å². The maximum Gasteiger partial charge on any atom is 0.255 e. The minimum Gasteiger partial charge on any atom is -0.453 e. The van der Waals surface area contributed by atoms with Crippen LogP contribution in [0.2, 0.25) is 0 Å². The van der Waals surface area contributed by atoms with Gasteiger partial charge in [0.2, 0.25) is 0 Å². The number of fused-ring (bicyclic) bond motifs is 1. The van der Waals surface area contributed by atoms with Crippen molar-refractivity contribution in [2.45, 2.75) is 0 Å². The Bertz CT molecular complexity index is 1080. The van der Waals surface area contributed by atoms with Crippen LogP contribution in [0, 0.1) is 5.82 Å². The van der Waals surface area contributed by atoms with E-state index in [2.05, 4.69) is 20.3 Å². The summed E-state index contributed by atoms with van der Waals surface area (Å²) in [7, 11) is 0. The van der Waals surface area contributed by atoms with Gasteiger partial charge in [-0.3, -0.25) is 9.78 Å². The third-order valence-corrected chi connectivity index (χ3v) is 3.77. The predicted octanol–water partition coefficient (Wildman–Crippen LogP) is 4.14. The molecule has 26 heavy (non-hydrogen) atoms. The summed E-state index contributed by atoms with van der Waals surface area (Å²) < 4.78 is 20.1. The van der Waals surface area contributed by atoms with E-state index in [0.717, 1.165) is 5.39 Å². The molecule has 0 radical (unpaired) electrons. The van der Waals surface area contributed by atoms with Crippen LogP contribution in [0.25, 0.3) is 11.0 Å². The molecule has 2 N–H and O–H groups in total. The van der Waals surface area contributed by atoms with Crippen LogP contribution >= 0.6 is 0 Å². The van der Waals surface area contributed by atoms with Gasteiger partial charge in [0.15, 0.2) is 11.6 Å². The summed E-state index contributed by atoms with van der Waals surface area (Å²) in [6.07, 6.45) is 6.35. The molecule has 0 aliphatic heterocycles. The Hall–Kier alpha value is -3.74. The number of aromatic amines is 1. The highest BCUT2D eigenvalue weighted by Gasteiger charge is 2.11. The van der Waals surface area contributed by atoms with E-state index in [-0.39, 0.29) is 11.7 Å². The summed E-state index contributed by atoms with van der Waals surface area (Å²) in [5.74, 6) is -0.383. The maximum atomic E-state index is 14.4. The molecule has 4 aromatic rings. The molecule has 0 atom stereocenters. The lowest BCUT2D eigenvalue weighted by atomic mass is 10.2. The highest BCUT2D eigenvalue weighted by molar-refractivity contribution is 6.04. The summed E-state index contributed by atoms with van der Waals surface area (Å²) in [4.78, 5) is 23.1. The van der Waals surface area contributed by atoms with Crippen LogP contribution in [-0.2, 0) is 0 Å². The minimum atomic E-state index is -0.585. The first-order valence-electron chi connectivity index (χ1n) is 7.81. The molecule has 0 aliphatic carbocycles. The second kappa shape index (κ2) is 6.64. The largest absolute Gasteiger partial charge is 0.453 e. The van der Waals surface area contributed by atoms with Gasteiger partial charge in [0.05, 0.1) is 5.39 Å². The van der Waals surface area contributed by atoms with Gasteiger partial charge in [-0.05, 0) is 36.4 Å². The third-order valence-electron chi connectivity index (χ3n) is 3.77. The summed E-state index contributed by atoms with van der Waals surface area (Å²) in [6, 6.07) is 10.9. The highest BCUT2D eigenvalue weighted by Crippen LogP contribution is 2.31. The molecule has 0 bridgehead atoms. The van der Waals surface area contributed by atoms with E-state index in [1.807, 2.05) is 0 Å². The van der Waals surface area contributed by atoms with Gasteiger partial charge in [-0.1, -0.05) is 0 Å². The predicted molar refractivity (Wildman–Crippen MR) is 94.8 cm³/mol. The van der Waals surface area contributed by atoms with Crippen molar-refractivity contribution in [2.24, 2.45) is 0 Å². The SMILES string of the molecule is O=C(Nc1ccc(Oc2ccnc3[nH]ccc23)c(F)c1)c1ccncc1. The van der Waals surface area contributed by atoms with Crippen molar-refractivity contribution in [1.29, 1.82) is 0 Å². The minimum absolute atomic E-state index is 0.0561. The van der Waals surface area contributed by atoms with Crippen molar-refractivity contribution in [3.63, 3.8) is 0 Å². The van der Waals surface area contributed by atoms with E-state index in [4.69, 9.17) is 4.74 Å². The first-order chi connectivity index (χ1) is 12.7. The van der Waals surface area contributed by atoms with Gasteiger partial charge in [0.25, 0.3) is 5.91 Å². The normalized spacial score (nSPS) is 10.7. The van der Waals surface area contributed by atoms with Crippen molar-refractivity contribution >= 4 is 22.6 Å². The first kappa shape index (κ1) is 15.8. The number of aromatic nitrogens is 3. The quantitative estimate of drug-likeness (QED) is 0.581. The van der Waals surface area contributed by atoms with E-state index in [1.165, 1.54) is 24.5 Å². The number of halogens is 1. The lowest BCUT2D eigenvalue weighted by Crippen LogP contribution is -2.11. The van der Waals surface area contributed by atoms with Crippen molar-refractivity contribution in [3.8, 4) is 11.5 Å². The molecular weight excluding hydrogens is 335 g/mol. The smallest absolute Gasteiger partial charge is 0.255 e. The van der Waals surface area contributed by atoms with E-state index in [1.54, 1.807) is 42.7 Å². The number of anilines is 1. The maximum absolute atomic E-state index is 14.4. The fourth-order valence-electron chi connectivity index (χ4n) is 2.51. The molecule has 0 saturated heterocycles. The molecule has 1 aromatic carbocycles. The van der Waals surface area contributed by atoms with Crippen molar-refractivity contribution in [2.75, 3.05) is 5.32 Å². The summed E-state index contributed by atoms with van der Waals surface area (Å²) in [5.41, 5.74) is 1.43. The Balaban J connectivity index is 1.55. The molecule has 0 unspecified atom stereocenters. The zero-order valence-electron chi connectivity index (χ0n) is 13.4. The Morgan fingerprint density at radius 1 is 1.04 bits per heavy atom. The lowest BCUT2D eigenvalue weighted by molar-refractivity contribution is 0.102. The number of benzene rings is 1. The summed E-state index contributed by atoms with van der Waals surface area (Å²) >= 11 is 0. The van der Waals surface area contributed by atoms with Gasteiger partial charge < -0.3 is 15.0 Å². The number of hydrogen-bond donors (Lipinski definition) is 2. The molecule has 1 amide bonds. The van der Waals surface area contributed by atoms with Crippen LogP contribution < -0.4 is 10.1 Å². The van der Waals surface area contributed by atoms with Crippen LogP contribution in [0.1, 0.15) is 10.4 Å². The fourth-order valence-corrected chi connectivity index (χ4v) is 2.51. The molecule has 3 aromatic heterocycles. The van der Waals surface area contributed by atoms with Gasteiger partial charge in [-0.25, -0.2) is 9.37 Å². The molecule has 3 heterocycles. The Kier molecular flexibility index (Phi) is 4.03. The second-order valence-electron chi connectivity index (χ2n) is 5.49. The number of hydrogen-bond acceptors (Lipinski definition) is 4. The molecule has 6 nitrogen and oxygen atoms in total. The number of rotatable bonds is 4. The number of pyridine rings is 2. The van der Waals surface area contributed by atoms with E-state index in [0.29, 0.717) is 22.6 Å². The average molecular weight is 348 g/mol. The number of H-pyrrole nitrogens is 1. The van der Waals surface area contributed by atoms with Gasteiger partial charge in [0, 0.05) is 42.1 Å². The first-order valence-corrected chi connectivity index (χ1v) is 7.81. The summed E-state index contributed by atoms with van der Waals surface area (Å²) in [5, 5.41) is 3.39. The van der Waals surface area contributed by atoms with E-state index >= 15 is 0 Å². The van der Waals surface area contributed by atoms with Crippen molar-refractivity contribution in [3.05, 3.63) is 78.6 Å². The molecule has 0 aliphatic rings. The highest BCUT2D eigenvalue weighted by atomic mass is 19.1. The number of amides is 1.